The summed E-state index contributed by atoms with van der Waals surface area (Å²) in [5.41, 5.74) is 7.10. The van der Waals surface area contributed by atoms with E-state index < -0.39 is 0 Å². The van der Waals surface area contributed by atoms with Crippen LogP contribution in [0.15, 0.2) is 16.0 Å². The normalized spacial score (nSPS) is 18.7. The third-order valence-electron chi connectivity index (χ3n) is 3.42. The van der Waals surface area contributed by atoms with Crippen LogP contribution in [-0.2, 0) is 5.54 Å². The molecule has 2 aromatic rings. The predicted molar refractivity (Wildman–Crippen MR) is 66.7 cm³/mol. The van der Waals surface area contributed by atoms with Crippen molar-refractivity contribution in [1.82, 2.24) is 10.1 Å². The van der Waals surface area contributed by atoms with E-state index in [9.17, 15) is 0 Å². The van der Waals surface area contributed by atoms with Crippen LogP contribution >= 0.6 is 11.3 Å². The fourth-order valence-electron chi connectivity index (χ4n) is 2.34. The summed E-state index contributed by atoms with van der Waals surface area (Å²) in [5, 5.41) is 6.09. The van der Waals surface area contributed by atoms with Gasteiger partial charge in [-0.25, -0.2) is 0 Å². The Balaban J connectivity index is 1.96. The fourth-order valence-corrected chi connectivity index (χ4v) is 3.19. The van der Waals surface area contributed by atoms with Crippen LogP contribution in [0.2, 0.25) is 0 Å². The summed E-state index contributed by atoms with van der Waals surface area (Å²) < 4.78 is 5.34. The van der Waals surface area contributed by atoms with Crippen molar-refractivity contribution < 1.29 is 4.52 Å². The third-order valence-corrected chi connectivity index (χ3v) is 4.43. The second kappa shape index (κ2) is 3.92. The van der Waals surface area contributed by atoms with Gasteiger partial charge >= 0.3 is 0 Å². The van der Waals surface area contributed by atoms with E-state index in [-0.39, 0.29) is 5.54 Å². The summed E-state index contributed by atoms with van der Waals surface area (Å²) in [5.74, 6) is 1.27. The number of thiophene rings is 1. The Morgan fingerprint density at radius 1 is 1.41 bits per heavy atom. The minimum atomic E-state index is -0.368. The lowest BCUT2D eigenvalue weighted by molar-refractivity contribution is 0.373. The molecule has 0 unspecified atom stereocenters. The van der Waals surface area contributed by atoms with Gasteiger partial charge in [-0.1, -0.05) is 18.0 Å². The van der Waals surface area contributed by atoms with Crippen LogP contribution in [0.1, 0.15) is 37.1 Å². The van der Waals surface area contributed by atoms with Gasteiger partial charge in [0.25, 0.3) is 5.89 Å². The number of nitrogens with two attached hydrogens (primary N) is 1. The van der Waals surface area contributed by atoms with Gasteiger partial charge in [0, 0.05) is 0 Å². The zero-order chi connectivity index (χ0) is 11.9. The van der Waals surface area contributed by atoms with E-state index >= 15 is 0 Å². The molecule has 0 atom stereocenters. The Labute approximate surface area is 104 Å². The first kappa shape index (κ1) is 10.9. The summed E-state index contributed by atoms with van der Waals surface area (Å²) in [6.07, 6.45) is 4.21. The van der Waals surface area contributed by atoms with Crippen LogP contribution in [0.25, 0.3) is 10.8 Å². The molecule has 1 fully saturated rings. The second-order valence-electron chi connectivity index (χ2n) is 4.72. The molecule has 2 N–H and O–H groups in total. The van der Waals surface area contributed by atoms with Gasteiger partial charge < -0.3 is 10.3 Å². The molecule has 1 aliphatic rings. The average molecular weight is 249 g/mol. The van der Waals surface area contributed by atoms with Gasteiger partial charge in [-0.3, -0.25) is 0 Å². The van der Waals surface area contributed by atoms with Crippen molar-refractivity contribution >= 4 is 11.3 Å². The fraction of sp³-hybridized carbons (Fsp3) is 0.500. The molecule has 2 heterocycles. The molecule has 1 aliphatic carbocycles. The van der Waals surface area contributed by atoms with Crippen LogP contribution in [-0.4, -0.2) is 10.1 Å². The Kier molecular flexibility index (Phi) is 2.52. The Bertz CT molecular complexity index is 525. The van der Waals surface area contributed by atoms with Crippen molar-refractivity contribution in [2.24, 2.45) is 5.73 Å². The van der Waals surface area contributed by atoms with E-state index in [1.807, 2.05) is 12.3 Å². The smallest absolute Gasteiger partial charge is 0.268 e. The summed E-state index contributed by atoms with van der Waals surface area (Å²) in [6, 6.07) is 2.05. The molecule has 0 aliphatic heterocycles. The predicted octanol–water partition coefficient (Wildman–Crippen LogP) is 2.83. The number of nitrogens with zero attached hydrogens (tertiary/aromatic N) is 2. The topological polar surface area (TPSA) is 64.9 Å². The largest absolute Gasteiger partial charge is 0.333 e. The maximum Gasteiger partial charge on any atom is 0.268 e. The van der Waals surface area contributed by atoms with E-state index in [0.717, 1.165) is 30.6 Å². The van der Waals surface area contributed by atoms with E-state index in [2.05, 4.69) is 16.2 Å². The molecule has 5 heteroatoms. The minimum Gasteiger partial charge on any atom is -0.333 e. The molecule has 1 saturated carbocycles. The van der Waals surface area contributed by atoms with Crippen molar-refractivity contribution in [2.45, 2.75) is 38.1 Å². The van der Waals surface area contributed by atoms with Crippen molar-refractivity contribution in [3.8, 4) is 10.8 Å². The Hall–Kier alpha value is -1.20. The highest BCUT2D eigenvalue weighted by atomic mass is 32.1. The zero-order valence-electron chi connectivity index (χ0n) is 9.77. The molecule has 0 spiro atoms. The molecule has 0 amide bonds. The molecule has 3 rings (SSSR count). The van der Waals surface area contributed by atoms with Crippen molar-refractivity contribution in [1.29, 1.82) is 0 Å². The molecule has 2 aromatic heterocycles. The number of rotatable bonds is 2. The van der Waals surface area contributed by atoms with Gasteiger partial charge in [0.2, 0.25) is 0 Å². The van der Waals surface area contributed by atoms with Gasteiger partial charge in [0.15, 0.2) is 5.82 Å². The van der Waals surface area contributed by atoms with Crippen LogP contribution in [0.3, 0.4) is 0 Å². The zero-order valence-corrected chi connectivity index (χ0v) is 10.6. The molecule has 90 valence electrons. The second-order valence-corrected chi connectivity index (χ2v) is 5.64. The summed E-state index contributed by atoms with van der Waals surface area (Å²) >= 11 is 1.62. The molecular weight excluding hydrogens is 234 g/mol. The SMILES string of the molecule is Cc1ccsc1-c1nc(C2(N)CCCC2)no1. The van der Waals surface area contributed by atoms with Gasteiger partial charge in [0.05, 0.1) is 10.4 Å². The van der Waals surface area contributed by atoms with Crippen LogP contribution < -0.4 is 5.73 Å². The Morgan fingerprint density at radius 3 is 2.82 bits per heavy atom. The molecule has 0 radical (unpaired) electrons. The molecule has 0 saturated heterocycles. The van der Waals surface area contributed by atoms with Gasteiger partial charge in [-0.05, 0) is 36.8 Å². The highest BCUT2D eigenvalue weighted by Crippen LogP contribution is 2.36. The molecular formula is C12H15N3OS. The highest BCUT2D eigenvalue weighted by molar-refractivity contribution is 7.13. The highest BCUT2D eigenvalue weighted by Gasteiger charge is 2.36. The lowest BCUT2D eigenvalue weighted by atomic mass is 9.99. The van der Waals surface area contributed by atoms with Crippen LogP contribution in [0.5, 0.6) is 0 Å². The Morgan fingerprint density at radius 2 is 2.18 bits per heavy atom. The summed E-state index contributed by atoms with van der Waals surface area (Å²) in [7, 11) is 0. The van der Waals surface area contributed by atoms with E-state index in [1.54, 1.807) is 11.3 Å². The lowest BCUT2D eigenvalue weighted by Crippen LogP contribution is -2.34. The third kappa shape index (κ3) is 1.79. The van der Waals surface area contributed by atoms with Crippen LogP contribution in [0.4, 0.5) is 0 Å². The number of aryl methyl sites for hydroxylation is 1. The minimum absolute atomic E-state index is 0.368. The van der Waals surface area contributed by atoms with E-state index in [0.29, 0.717) is 11.7 Å². The maximum atomic E-state index is 6.30. The summed E-state index contributed by atoms with van der Waals surface area (Å²) in [6.45, 7) is 2.05. The quantitative estimate of drug-likeness (QED) is 0.888. The molecule has 4 nitrogen and oxygen atoms in total. The van der Waals surface area contributed by atoms with Gasteiger partial charge in [0.1, 0.15) is 0 Å². The first-order valence-corrected chi connectivity index (χ1v) is 6.74. The van der Waals surface area contributed by atoms with Gasteiger partial charge in [-0.2, -0.15) is 4.98 Å². The maximum absolute atomic E-state index is 6.30. The van der Waals surface area contributed by atoms with E-state index in [1.165, 1.54) is 5.56 Å². The number of hydrogen-bond donors (Lipinski definition) is 1. The van der Waals surface area contributed by atoms with E-state index in [4.69, 9.17) is 10.3 Å². The summed E-state index contributed by atoms with van der Waals surface area (Å²) in [4.78, 5) is 5.52. The number of aromatic nitrogens is 2. The van der Waals surface area contributed by atoms with Crippen molar-refractivity contribution in [3.63, 3.8) is 0 Å². The molecule has 0 aromatic carbocycles. The monoisotopic (exact) mass is 249 g/mol. The standard InChI is InChI=1S/C12H15N3OS/c1-8-4-7-17-9(8)10-14-11(15-16-10)12(13)5-2-3-6-12/h4,7H,2-3,5-6,13H2,1H3. The molecule has 0 bridgehead atoms. The molecule has 17 heavy (non-hydrogen) atoms. The van der Waals surface area contributed by atoms with Crippen molar-refractivity contribution in [3.05, 3.63) is 22.8 Å². The average Bonchev–Trinajstić information content (AvgIpc) is 2.97. The first-order chi connectivity index (χ1) is 8.19. The first-order valence-electron chi connectivity index (χ1n) is 5.87. The lowest BCUT2D eigenvalue weighted by Gasteiger charge is -2.17. The van der Waals surface area contributed by atoms with Crippen molar-refractivity contribution in [2.75, 3.05) is 0 Å². The van der Waals surface area contributed by atoms with Gasteiger partial charge in [-0.15, -0.1) is 11.3 Å². The number of hydrogen-bond acceptors (Lipinski definition) is 5. The van der Waals surface area contributed by atoms with Crippen LogP contribution in [0, 0.1) is 6.92 Å².